The van der Waals surface area contributed by atoms with Gasteiger partial charge in [-0.15, -0.1) is 0 Å². The van der Waals surface area contributed by atoms with E-state index in [1.165, 1.54) is 0 Å². The van der Waals surface area contributed by atoms with Crippen molar-refractivity contribution in [1.82, 2.24) is 0 Å². The van der Waals surface area contributed by atoms with Crippen LogP contribution in [-0.4, -0.2) is 26.0 Å². The largest absolute Gasteiger partial charge is 0.486 e. The maximum atomic E-state index is 11.9. The van der Waals surface area contributed by atoms with E-state index < -0.39 is 19.2 Å². The molecule has 1 aliphatic rings. The van der Waals surface area contributed by atoms with Crippen LogP contribution in [0.5, 0.6) is 11.5 Å². The predicted molar refractivity (Wildman–Crippen MR) is 62.2 cm³/mol. The van der Waals surface area contributed by atoms with Crippen LogP contribution in [0, 0.1) is 0 Å². The zero-order valence-corrected chi connectivity index (χ0v) is 10.1. The van der Waals surface area contributed by atoms with Crippen molar-refractivity contribution in [3.05, 3.63) is 17.7 Å². The van der Waals surface area contributed by atoms with Crippen molar-refractivity contribution in [1.29, 1.82) is 0 Å². The van der Waals surface area contributed by atoms with Gasteiger partial charge in [0.1, 0.15) is 13.2 Å². The summed E-state index contributed by atoms with van der Waals surface area (Å²) in [5, 5.41) is 0. The summed E-state index contributed by atoms with van der Waals surface area (Å²) in [6.45, 7) is 0.509. The van der Waals surface area contributed by atoms with E-state index in [0.717, 1.165) is 0 Å². The number of rotatable bonds is 4. The van der Waals surface area contributed by atoms with Crippen LogP contribution >= 0.6 is 0 Å². The molecular weight excluding hydrogens is 263 g/mol. The van der Waals surface area contributed by atoms with Crippen LogP contribution in [0.1, 0.15) is 12.0 Å². The van der Waals surface area contributed by atoms with Gasteiger partial charge in [0, 0.05) is 17.3 Å². The van der Waals surface area contributed by atoms with Gasteiger partial charge in [0.05, 0.1) is 19.6 Å². The molecule has 2 N–H and O–H groups in total. The number of nitrogens with two attached hydrogens (primary N) is 1. The monoisotopic (exact) mass is 277 g/mol. The molecule has 0 atom stereocenters. The minimum atomic E-state index is -4.21. The second-order valence-electron chi connectivity index (χ2n) is 4.11. The van der Waals surface area contributed by atoms with Gasteiger partial charge in [-0.3, -0.25) is 0 Å². The Hall–Kier alpha value is -1.63. The maximum absolute atomic E-state index is 11.9. The summed E-state index contributed by atoms with van der Waals surface area (Å²) >= 11 is 0. The van der Waals surface area contributed by atoms with Crippen molar-refractivity contribution in [3.63, 3.8) is 0 Å². The van der Waals surface area contributed by atoms with Crippen molar-refractivity contribution in [3.8, 4) is 11.5 Å². The first-order valence-corrected chi connectivity index (χ1v) is 5.78. The fraction of sp³-hybridized carbons (Fsp3) is 0.500. The SMILES string of the molecule is Nc1cc2c(cc1COCCC(F)(F)F)OCCO2. The smallest absolute Gasteiger partial charge is 0.391 e. The van der Waals surface area contributed by atoms with Crippen molar-refractivity contribution in [2.24, 2.45) is 0 Å². The Morgan fingerprint density at radius 3 is 2.42 bits per heavy atom. The molecular formula is C12H14F3NO3. The van der Waals surface area contributed by atoms with Gasteiger partial charge in [0.15, 0.2) is 11.5 Å². The minimum absolute atomic E-state index is 0.0125. The highest BCUT2D eigenvalue weighted by Gasteiger charge is 2.26. The van der Waals surface area contributed by atoms with Gasteiger partial charge in [0.2, 0.25) is 0 Å². The third-order valence-electron chi connectivity index (χ3n) is 2.59. The molecule has 0 saturated carbocycles. The lowest BCUT2D eigenvalue weighted by atomic mass is 10.1. The van der Waals surface area contributed by atoms with Crippen LogP contribution in [0.15, 0.2) is 12.1 Å². The molecule has 0 aromatic heterocycles. The van der Waals surface area contributed by atoms with Crippen LogP contribution in [0.2, 0.25) is 0 Å². The molecule has 106 valence electrons. The van der Waals surface area contributed by atoms with E-state index in [4.69, 9.17) is 19.9 Å². The lowest BCUT2D eigenvalue weighted by molar-refractivity contribution is -0.146. The number of hydrogen-bond acceptors (Lipinski definition) is 4. The van der Waals surface area contributed by atoms with Gasteiger partial charge in [-0.05, 0) is 6.07 Å². The van der Waals surface area contributed by atoms with Gasteiger partial charge in [-0.2, -0.15) is 13.2 Å². The van der Waals surface area contributed by atoms with Gasteiger partial charge in [0.25, 0.3) is 0 Å². The third kappa shape index (κ3) is 3.92. The number of benzene rings is 1. The summed E-state index contributed by atoms with van der Waals surface area (Å²) < 4.78 is 51.5. The van der Waals surface area contributed by atoms with E-state index in [2.05, 4.69) is 0 Å². The van der Waals surface area contributed by atoms with Gasteiger partial charge in [-0.1, -0.05) is 0 Å². The molecule has 1 heterocycles. The lowest BCUT2D eigenvalue weighted by Crippen LogP contribution is -2.16. The van der Waals surface area contributed by atoms with E-state index in [0.29, 0.717) is 36.0 Å². The number of halogens is 3. The van der Waals surface area contributed by atoms with Crippen molar-refractivity contribution >= 4 is 5.69 Å². The quantitative estimate of drug-likeness (QED) is 0.678. The van der Waals surface area contributed by atoms with Gasteiger partial charge in [-0.25, -0.2) is 0 Å². The normalized spacial score (nSPS) is 14.5. The molecule has 0 spiro atoms. The molecule has 0 amide bonds. The van der Waals surface area contributed by atoms with E-state index in [9.17, 15) is 13.2 Å². The Kier molecular flexibility index (Phi) is 4.04. The van der Waals surface area contributed by atoms with E-state index in [-0.39, 0.29) is 6.61 Å². The zero-order chi connectivity index (χ0) is 13.9. The lowest BCUT2D eigenvalue weighted by Gasteiger charge is -2.20. The Bertz CT molecular complexity index is 449. The highest BCUT2D eigenvalue weighted by Crippen LogP contribution is 2.34. The third-order valence-corrected chi connectivity index (χ3v) is 2.59. The van der Waals surface area contributed by atoms with Crippen molar-refractivity contribution < 1.29 is 27.4 Å². The number of anilines is 1. The number of ether oxygens (including phenoxy) is 3. The molecule has 7 heteroatoms. The van der Waals surface area contributed by atoms with Crippen LogP contribution in [0.25, 0.3) is 0 Å². The number of fused-ring (bicyclic) bond motifs is 1. The molecule has 4 nitrogen and oxygen atoms in total. The molecule has 19 heavy (non-hydrogen) atoms. The summed E-state index contributed by atoms with van der Waals surface area (Å²) in [7, 11) is 0. The molecule has 0 aliphatic carbocycles. The zero-order valence-electron chi connectivity index (χ0n) is 10.1. The van der Waals surface area contributed by atoms with E-state index in [1.54, 1.807) is 12.1 Å². The standard InChI is InChI=1S/C12H14F3NO3/c13-12(14,15)1-2-17-7-8-5-10-11(6-9(8)16)19-4-3-18-10/h5-6H,1-4,7,16H2. The van der Waals surface area contributed by atoms with Crippen molar-refractivity contribution in [2.75, 3.05) is 25.6 Å². The maximum Gasteiger partial charge on any atom is 0.391 e. The topological polar surface area (TPSA) is 53.7 Å². The highest BCUT2D eigenvalue weighted by atomic mass is 19.4. The summed E-state index contributed by atoms with van der Waals surface area (Å²) in [5.74, 6) is 1.08. The number of alkyl halides is 3. The first-order chi connectivity index (χ1) is 8.96. The second-order valence-corrected chi connectivity index (χ2v) is 4.11. The molecule has 1 aliphatic heterocycles. The molecule has 0 fully saturated rings. The fourth-order valence-electron chi connectivity index (χ4n) is 1.64. The fourth-order valence-corrected chi connectivity index (χ4v) is 1.64. The Labute approximate surface area is 108 Å². The van der Waals surface area contributed by atoms with Crippen LogP contribution in [0.4, 0.5) is 18.9 Å². The first kappa shape index (κ1) is 13.8. The van der Waals surface area contributed by atoms with Gasteiger partial charge >= 0.3 is 6.18 Å². The molecule has 0 bridgehead atoms. The highest BCUT2D eigenvalue weighted by molar-refractivity contribution is 5.58. The molecule has 1 aromatic rings. The van der Waals surface area contributed by atoms with E-state index >= 15 is 0 Å². The predicted octanol–water partition coefficient (Wildman–Crippen LogP) is 2.51. The minimum Gasteiger partial charge on any atom is -0.486 e. The number of hydrogen-bond donors (Lipinski definition) is 1. The molecule has 0 unspecified atom stereocenters. The average molecular weight is 277 g/mol. The number of nitrogen functional groups attached to an aromatic ring is 1. The Balaban J connectivity index is 1.93. The summed E-state index contributed by atoms with van der Waals surface area (Å²) in [6, 6.07) is 3.23. The Morgan fingerprint density at radius 2 is 1.79 bits per heavy atom. The summed E-state index contributed by atoms with van der Waals surface area (Å²) in [6.07, 6.45) is -5.18. The van der Waals surface area contributed by atoms with Gasteiger partial charge < -0.3 is 19.9 Å². The van der Waals surface area contributed by atoms with E-state index in [1.807, 2.05) is 0 Å². The van der Waals surface area contributed by atoms with Crippen LogP contribution < -0.4 is 15.2 Å². The molecule has 1 aromatic carbocycles. The summed E-state index contributed by atoms with van der Waals surface area (Å²) in [5.41, 5.74) is 6.78. The first-order valence-electron chi connectivity index (χ1n) is 5.78. The average Bonchev–Trinajstić information content (AvgIpc) is 2.33. The second kappa shape index (κ2) is 5.56. The Morgan fingerprint density at radius 1 is 1.16 bits per heavy atom. The van der Waals surface area contributed by atoms with Crippen molar-refractivity contribution in [2.45, 2.75) is 19.2 Å². The van der Waals surface area contributed by atoms with Crippen LogP contribution in [-0.2, 0) is 11.3 Å². The van der Waals surface area contributed by atoms with Crippen LogP contribution in [0.3, 0.4) is 0 Å². The molecule has 0 saturated heterocycles. The molecule has 0 radical (unpaired) electrons. The molecule has 2 rings (SSSR count). The summed E-state index contributed by atoms with van der Waals surface area (Å²) in [4.78, 5) is 0.